The van der Waals surface area contributed by atoms with Crippen molar-refractivity contribution in [1.29, 1.82) is 0 Å². The first kappa shape index (κ1) is 16.7. The highest BCUT2D eigenvalue weighted by Gasteiger charge is 2.12. The Labute approximate surface area is 138 Å². The molecule has 5 nitrogen and oxygen atoms in total. The number of halogens is 1. The van der Waals surface area contributed by atoms with E-state index in [4.69, 9.17) is 11.6 Å². The third-order valence-electron chi connectivity index (χ3n) is 3.02. The summed E-state index contributed by atoms with van der Waals surface area (Å²) in [5.41, 5.74) is 1.40. The van der Waals surface area contributed by atoms with Crippen LogP contribution in [0.3, 0.4) is 0 Å². The first-order valence-electron chi connectivity index (χ1n) is 6.91. The lowest BCUT2D eigenvalue weighted by Gasteiger charge is -2.08. The predicted molar refractivity (Wildman–Crippen MR) is 89.8 cm³/mol. The number of benzene rings is 2. The Morgan fingerprint density at radius 2 is 1.65 bits per heavy atom. The van der Waals surface area contributed by atoms with E-state index in [1.807, 2.05) is 0 Å². The average molecular weight is 331 g/mol. The zero-order chi connectivity index (χ0) is 16.8. The van der Waals surface area contributed by atoms with E-state index in [1.165, 1.54) is 6.92 Å². The van der Waals surface area contributed by atoms with Crippen molar-refractivity contribution in [2.75, 3.05) is 10.6 Å². The smallest absolute Gasteiger partial charge is 0.233 e. The molecule has 0 aliphatic carbocycles. The van der Waals surface area contributed by atoms with Crippen LogP contribution >= 0.6 is 11.6 Å². The Kier molecular flexibility index (Phi) is 5.49. The first-order valence-corrected chi connectivity index (χ1v) is 7.29. The lowest BCUT2D eigenvalue weighted by atomic mass is 10.1. The minimum Gasteiger partial charge on any atom is -0.326 e. The Balaban J connectivity index is 1.94. The minimum absolute atomic E-state index is 0.0995. The van der Waals surface area contributed by atoms with Crippen molar-refractivity contribution in [1.82, 2.24) is 0 Å². The van der Waals surface area contributed by atoms with Crippen molar-refractivity contribution < 1.29 is 14.4 Å². The fourth-order valence-corrected chi connectivity index (χ4v) is 2.11. The molecule has 118 valence electrons. The molecule has 0 saturated carbocycles. The van der Waals surface area contributed by atoms with E-state index in [9.17, 15) is 14.4 Å². The number of hydrogen-bond donors (Lipinski definition) is 2. The summed E-state index contributed by atoms with van der Waals surface area (Å²) in [5, 5.41) is 5.55. The van der Waals surface area contributed by atoms with Crippen LogP contribution in [-0.2, 0) is 9.59 Å². The molecule has 6 heteroatoms. The molecule has 0 bridgehead atoms. The Morgan fingerprint density at radius 1 is 0.957 bits per heavy atom. The van der Waals surface area contributed by atoms with Gasteiger partial charge in [0, 0.05) is 11.3 Å². The van der Waals surface area contributed by atoms with E-state index in [1.54, 1.807) is 48.5 Å². The van der Waals surface area contributed by atoms with E-state index in [2.05, 4.69) is 10.6 Å². The second kappa shape index (κ2) is 7.56. The number of ketones is 1. The Hall–Kier alpha value is -2.66. The molecule has 2 amide bonds. The van der Waals surface area contributed by atoms with Crippen molar-refractivity contribution in [3.63, 3.8) is 0 Å². The van der Waals surface area contributed by atoms with Gasteiger partial charge in [0.2, 0.25) is 11.8 Å². The summed E-state index contributed by atoms with van der Waals surface area (Å²) in [7, 11) is 0. The Bertz CT molecular complexity index is 759. The van der Waals surface area contributed by atoms with Crippen LogP contribution in [0, 0.1) is 0 Å². The van der Waals surface area contributed by atoms with Gasteiger partial charge in [0.15, 0.2) is 5.78 Å². The van der Waals surface area contributed by atoms with Gasteiger partial charge >= 0.3 is 0 Å². The summed E-state index contributed by atoms with van der Waals surface area (Å²) >= 11 is 5.93. The van der Waals surface area contributed by atoms with Crippen LogP contribution in [0.1, 0.15) is 23.7 Å². The number of hydrogen-bond acceptors (Lipinski definition) is 3. The van der Waals surface area contributed by atoms with E-state index < -0.39 is 11.8 Å². The summed E-state index contributed by atoms with van der Waals surface area (Å²) in [6.07, 6.45) is -0.352. The number of amides is 2. The molecule has 23 heavy (non-hydrogen) atoms. The lowest BCUT2D eigenvalue weighted by Crippen LogP contribution is -2.21. The van der Waals surface area contributed by atoms with Gasteiger partial charge in [0.05, 0.1) is 10.7 Å². The van der Waals surface area contributed by atoms with E-state index in [0.717, 1.165) is 0 Å². The largest absolute Gasteiger partial charge is 0.326 e. The van der Waals surface area contributed by atoms with Gasteiger partial charge in [-0.3, -0.25) is 14.4 Å². The second-order valence-electron chi connectivity index (χ2n) is 4.89. The van der Waals surface area contributed by atoms with Crippen LogP contribution in [0.4, 0.5) is 11.4 Å². The van der Waals surface area contributed by atoms with Gasteiger partial charge in [-0.05, 0) is 31.2 Å². The normalized spacial score (nSPS) is 10.0. The molecular weight excluding hydrogens is 316 g/mol. The van der Waals surface area contributed by atoms with Crippen molar-refractivity contribution in [2.45, 2.75) is 13.3 Å². The van der Waals surface area contributed by atoms with Gasteiger partial charge in [-0.2, -0.15) is 0 Å². The maximum atomic E-state index is 11.9. The maximum Gasteiger partial charge on any atom is 0.233 e. The number of para-hydroxylation sites is 1. The standard InChI is InChI=1S/C17H15ClN2O3/c1-11(21)12-5-4-6-13(9-12)19-16(22)10-17(23)20-15-8-3-2-7-14(15)18/h2-9H,10H2,1H3,(H,19,22)(H,20,23). The summed E-state index contributed by atoms with van der Waals surface area (Å²) in [6.45, 7) is 1.44. The molecule has 0 aliphatic heterocycles. The molecule has 0 fully saturated rings. The van der Waals surface area contributed by atoms with E-state index >= 15 is 0 Å². The van der Waals surface area contributed by atoms with Gasteiger partial charge in [-0.1, -0.05) is 35.9 Å². The zero-order valence-electron chi connectivity index (χ0n) is 12.4. The molecule has 2 aromatic rings. The summed E-state index contributed by atoms with van der Waals surface area (Å²) in [4.78, 5) is 35.1. The fraction of sp³-hybridized carbons (Fsp3) is 0.118. The lowest BCUT2D eigenvalue weighted by molar-refractivity contribution is -0.123. The van der Waals surface area contributed by atoms with Gasteiger partial charge in [0.1, 0.15) is 6.42 Å². The van der Waals surface area contributed by atoms with Crippen LogP contribution < -0.4 is 10.6 Å². The molecule has 0 heterocycles. The van der Waals surface area contributed by atoms with Crippen LogP contribution in [0.25, 0.3) is 0 Å². The van der Waals surface area contributed by atoms with Crippen molar-refractivity contribution in [3.05, 3.63) is 59.1 Å². The topological polar surface area (TPSA) is 75.3 Å². The van der Waals surface area contributed by atoms with Gasteiger partial charge in [-0.15, -0.1) is 0 Å². The highest BCUT2D eigenvalue weighted by molar-refractivity contribution is 6.33. The monoisotopic (exact) mass is 330 g/mol. The third kappa shape index (κ3) is 4.93. The van der Waals surface area contributed by atoms with Gasteiger partial charge in [-0.25, -0.2) is 0 Å². The number of Topliss-reactive ketones (excluding diaryl/α,β-unsaturated/α-hetero) is 1. The van der Waals surface area contributed by atoms with Gasteiger partial charge in [0.25, 0.3) is 0 Å². The van der Waals surface area contributed by atoms with Crippen LogP contribution in [0.2, 0.25) is 5.02 Å². The van der Waals surface area contributed by atoms with Crippen molar-refractivity contribution in [2.24, 2.45) is 0 Å². The Morgan fingerprint density at radius 3 is 2.35 bits per heavy atom. The first-order chi connectivity index (χ1) is 11.0. The minimum atomic E-state index is -0.477. The number of carbonyl (C=O) groups excluding carboxylic acids is 3. The summed E-state index contributed by atoms with van der Waals surface area (Å²) in [6, 6.07) is 13.3. The zero-order valence-corrected chi connectivity index (χ0v) is 13.2. The molecule has 0 radical (unpaired) electrons. The summed E-state index contributed by atoms with van der Waals surface area (Å²) < 4.78 is 0. The molecule has 2 rings (SSSR count). The summed E-state index contributed by atoms with van der Waals surface area (Å²) in [5.74, 6) is -1.05. The number of carbonyl (C=O) groups is 3. The molecule has 0 atom stereocenters. The highest BCUT2D eigenvalue weighted by atomic mass is 35.5. The van der Waals surface area contributed by atoms with Crippen LogP contribution in [0.5, 0.6) is 0 Å². The number of nitrogens with one attached hydrogen (secondary N) is 2. The predicted octanol–water partition coefficient (Wildman–Crippen LogP) is 3.51. The molecule has 0 unspecified atom stereocenters. The second-order valence-corrected chi connectivity index (χ2v) is 5.30. The molecular formula is C17H15ClN2O3. The molecule has 2 aromatic carbocycles. The quantitative estimate of drug-likeness (QED) is 0.650. The van der Waals surface area contributed by atoms with Gasteiger partial charge < -0.3 is 10.6 Å². The molecule has 0 saturated heterocycles. The maximum absolute atomic E-state index is 11.9. The fourth-order valence-electron chi connectivity index (χ4n) is 1.92. The van der Waals surface area contributed by atoms with Crippen molar-refractivity contribution >= 4 is 40.6 Å². The van der Waals surface area contributed by atoms with Crippen LogP contribution in [0.15, 0.2) is 48.5 Å². The van der Waals surface area contributed by atoms with E-state index in [0.29, 0.717) is 22.0 Å². The third-order valence-corrected chi connectivity index (χ3v) is 3.35. The SMILES string of the molecule is CC(=O)c1cccc(NC(=O)CC(=O)Nc2ccccc2Cl)c1. The number of anilines is 2. The van der Waals surface area contributed by atoms with Crippen LogP contribution in [-0.4, -0.2) is 17.6 Å². The van der Waals surface area contributed by atoms with Crippen molar-refractivity contribution in [3.8, 4) is 0 Å². The molecule has 2 N–H and O–H groups in total. The molecule has 0 aliphatic rings. The average Bonchev–Trinajstić information content (AvgIpc) is 2.49. The molecule has 0 spiro atoms. The highest BCUT2D eigenvalue weighted by Crippen LogP contribution is 2.20. The number of rotatable bonds is 5. The molecule has 0 aromatic heterocycles. The van der Waals surface area contributed by atoms with E-state index in [-0.39, 0.29) is 12.2 Å².